The molecule has 1 fully saturated rings. The highest BCUT2D eigenvalue weighted by Gasteiger charge is 2.28. The average Bonchev–Trinajstić information content (AvgIpc) is 2.40. The van der Waals surface area contributed by atoms with Gasteiger partial charge in [0.25, 0.3) is 0 Å². The van der Waals surface area contributed by atoms with Crippen molar-refractivity contribution in [3.63, 3.8) is 0 Å². The first-order chi connectivity index (χ1) is 9.56. The van der Waals surface area contributed by atoms with Crippen LogP contribution in [0.25, 0.3) is 0 Å². The van der Waals surface area contributed by atoms with Crippen LogP contribution in [-0.2, 0) is 4.79 Å². The lowest BCUT2D eigenvalue weighted by atomic mass is 9.79. The number of anilines is 1. The van der Waals surface area contributed by atoms with Gasteiger partial charge in [0.1, 0.15) is 12.1 Å². The Morgan fingerprint density at radius 2 is 2.05 bits per heavy atom. The fraction of sp³-hybridized carbons (Fsp3) is 0.643. The lowest BCUT2D eigenvalue weighted by molar-refractivity contribution is -0.128. The van der Waals surface area contributed by atoms with Crippen LogP contribution in [0, 0.1) is 0 Å². The first kappa shape index (κ1) is 20.9. The zero-order chi connectivity index (χ0) is 14.5. The van der Waals surface area contributed by atoms with E-state index in [0.29, 0.717) is 18.4 Å². The third-order valence-electron chi connectivity index (χ3n) is 3.65. The molecule has 0 atom stereocenters. The Kier molecular flexibility index (Phi) is 9.32. The summed E-state index contributed by atoms with van der Waals surface area (Å²) in [7, 11) is 3.55. The van der Waals surface area contributed by atoms with Crippen molar-refractivity contribution in [2.24, 2.45) is 5.73 Å². The average molecular weight is 350 g/mol. The number of rotatable bonds is 6. The van der Waals surface area contributed by atoms with Gasteiger partial charge in [-0.05, 0) is 19.3 Å². The van der Waals surface area contributed by atoms with Crippen LogP contribution in [0.5, 0.6) is 0 Å². The van der Waals surface area contributed by atoms with E-state index in [1.54, 1.807) is 25.3 Å². The molecule has 6 nitrogen and oxygen atoms in total. The molecule has 126 valence electrons. The fourth-order valence-corrected chi connectivity index (χ4v) is 2.28. The van der Waals surface area contributed by atoms with Crippen LogP contribution >= 0.6 is 24.8 Å². The number of nitrogens with one attached hydrogen (secondary N) is 1. The normalized spacial score (nSPS) is 19.2. The van der Waals surface area contributed by atoms with Gasteiger partial charge in [-0.25, -0.2) is 9.97 Å². The second kappa shape index (κ2) is 9.82. The maximum absolute atomic E-state index is 11.4. The number of nitrogens with two attached hydrogens (primary N) is 1. The Morgan fingerprint density at radius 1 is 1.36 bits per heavy atom. The van der Waals surface area contributed by atoms with E-state index in [4.69, 9.17) is 5.73 Å². The molecule has 0 unspecified atom stereocenters. The zero-order valence-electron chi connectivity index (χ0n) is 13.0. The van der Waals surface area contributed by atoms with Crippen molar-refractivity contribution in [3.05, 3.63) is 18.1 Å². The highest BCUT2D eigenvalue weighted by molar-refractivity contribution is 5.85. The number of aromatic nitrogens is 2. The molecule has 0 saturated heterocycles. The monoisotopic (exact) mass is 349 g/mol. The number of hydrogen-bond acceptors (Lipinski definition) is 5. The first-order valence-corrected chi connectivity index (χ1v) is 7.08. The van der Waals surface area contributed by atoms with Crippen LogP contribution in [0.4, 0.5) is 5.82 Å². The Balaban J connectivity index is 0.00000220. The Morgan fingerprint density at radius 3 is 2.64 bits per heavy atom. The molecule has 1 heterocycles. The van der Waals surface area contributed by atoms with Crippen LogP contribution in [0.3, 0.4) is 0 Å². The Labute approximate surface area is 144 Å². The molecule has 22 heavy (non-hydrogen) atoms. The van der Waals surface area contributed by atoms with E-state index in [1.165, 1.54) is 0 Å². The quantitative estimate of drug-likeness (QED) is 0.765. The molecule has 1 aromatic rings. The number of carbonyl (C=O) groups excluding carboxylic acids is 1. The first-order valence-electron chi connectivity index (χ1n) is 7.08. The van der Waals surface area contributed by atoms with Gasteiger partial charge in [-0.15, -0.1) is 24.8 Å². The smallest absolute Gasteiger partial charge is 0.222 e. The van der Waals surface area contributed by atoms with Gasteiger partial charge in [0.2, 0.25) is 5.91 Å². The molecule has 8 heteroatoms. The molecule has 1 aromatic heterocycles. The van der Waals surface area contributed by atoms with E-state index in [2.05, 4.69) is 15.3 Å². The SMILES string of the molecule is CN(C)C(=O)CCCNc1cc(C2CC(N)C2)ncn1.Cl.Cl. The van der Waals surface area contributed by atoms with Crippen molar-refractivity contribution < 1.29 is 4.79 Å². The number of hydrogen-bond donors (Lipinski definition) is 2. The van der Waals surface area contributed by atoms with Crippen LogP contribution in [0.15, 0.2) is 12.4 Å². The van der Waals surface area contributed by atoms with Crippen molar-refractivity contribution in [2.45, 2.75) is 37.6 Å². The van der Waals surface area contributed by atoms with E-state index in [-0.39, 0.29) is 30.7 Å². The topological polar surface area (TPSA) is 84.1 Å². The molecule has 1 aliphatic carbocycles. The summed E-state index contributed by atoms with van der Waals surface area (Å²) >= 11 is 0. The highest BCUT2D eigenvalue weighted by Crippen LogP contribution is 2.34. The number of nitrogens with zero attached hydrogens (tertiary/aromatic N) is 3. The summed E-state index contributed by atoms with van der Waals surface area (Å²) in [6, 6.07) is 2.31. The fourth-order valence-electron chi connectivity index (χ4n) is 2.28. The van der Waals surface area contributed by atoms with E-state index in [9.17, 15) is 4.79 Å². The van der Waals surface area contributed by atoms with Crippen LogP contribution in [-0.4, -0.2) is 47.5 Å². The van der Waals surface area contributed by atoms with Crippen LogP contribution < -0.4 is 11.1 Å². The summed E-state index contributed by atoms with van der Waals surface area (Å²) < 4.78 is 0. The van der Waals surface area contributed by atoms with Crippen molar-refractivity contribution in [3.8, 4) is 0 Å². The van der Waals surface area contributed by atoms with Gasteiger partial charge in [0.05, 0.1) is 0 Å². The summed E-state index contributed by atoms with van der Waals surface area (Å²) in [6.45, 7) is 0.736. The molecule has 0 spiro atoms. The van der Waals surface area contributed by atoms with Gasteiger partial charge in [0, 0.05) is 50.8 Å². The number of halogens is 2. The summed E-state index contributed by atoms with van der Waals surface area (Å²) in [4.78, 5) is 21.6. The molecule has 1 amide bonds. The second-order valence-electron chi connectivity index (χ2n) is 5.58. The summed E-state index contributed by atoms with van der Waals surface area (Å²) in [5.41, 5.74) is 6.86. The zero-order valence-corrected chi connectivity index (χ0v) is 14.6. The van der Waals surface area contributed by atoms with Crippen molar-refractivity contribution >= 4 is 36.5 Å². The molecule has 1 aliphatic rings. The summed E-state index contributed by atoms with van der Waals surface area (Å²) in [5, 5.41) is 3.24. The highest BCUT2D eigenvalue weighted by atomic mass is 35.5. The van der Waals surface area contributed by atoms with E-state index >= 15 is 0 Å². The molecule has 0 radical (unpaired) electrons. The molecular formula is C14H25Cl2N5O. The molecule has 0 aliphatic heterocycles. The van der Waals surface area contributed by atoms with Crippen molar-refractivity contribution in [1.82, 2.24) is 14.9 Å². The van der Waals surface area contributed by atoms with E-state index < -0.39 is 0 Å². The second-order valence-corrected chi connectivity index (χ2v) is 5.58. The minimum absolute atomic E-state index is 0. The van der Waals surface area contributed by atoms with Gasteiger partial charge in [-0.1, -0.05) is 0 Å². The predicted molar refractivity (Wildman–Crippen MR) is 92.9 cm³/mol. The molecule has 0 bridgehead atoms. The van der Waals surface area contributed by atoms with Gasteiger partial charge < -0.3 is 16.0 Å². The third-order valence-corrected chi connectivity index (χ3v) is 3.65. The lowest BCUT2D eigenvalue weighted by Gasteiger charge is -2.31. The van der Waals surface area contributed by atoms with Crippen molar-refractivity contribution in [1.29, 1.82) is 0 Å². The molecule has 0 aromatic carbocycles. The third kappa shape index (κ3) is 5.94. The summed E-state index contributed by atoms with van der Waals surface area (Å²) in [6.07, 6.45) is 4.95. The number of amides is 1. The van der Waals surface area contributed by atoms with Gasteiger partial charge in [0.15, 0.2) is 0 Å². The molecule has 1 saturated carbocycles. The molecule has 3 N–H and O–H groups in total. The van der Waals surface area contributed by atoms with E-state index in [0.717, 1.165) is 37.3 Å². The maximum Gasteiger partial charge on any atom is 0.222 e. The van der Waals surface area contributed by atoms with E-state index in [1.807, 2.05) is 6.07 Å². The lowest BCUT2D eigenvalue weighted by Crippen LogP contribution is -2.35. The largest absolute Gasteiger partial charge is 0.370 e. The standard InChI is InChI=1S/C14H23N5O.2ClH/c1-19(2)14(20)4-3-5-16-13-8-12(17-9-18-13)10-6-11(15)7-10;;/h8-11H,3-7,15H2,1-2H3,(H,16,17,18);2*1H. The number of carbonyl (C=O) groups is 1. The van der Waals surface area contributed by atoms with Gasteiger partial charge >= 0.3 is 0 Å². The van der Waals surface area contributed by atoms with Crippen LogP contribution in [0.2, 0.25) is 0 Å². The minimum atomic E-state index is 0. The molecule has 2 rings (SSSR count). The molecular weight excluding hydrogens is 325 g/mol. The Hall–Kier alpha value is -1.11. The predicted octanol–water partition coefficient (Wildman–Crippen LogP) is 1.81. The Bertz CT molecular complexity index is 466. The van der Waals surface area contributed by atoms with Crippen molar-refractivity contribution in [2.75, 3.05) is 26.0 Å². The van der Waals surface area contributed by atoms with Gasteiger partial charge in [-0.3, -0.25) is 4.79 Å². The van der Waals surface area contributed by atoms with Crippen LogP contribution in [0.1, 0.15) is 37.3 Å². The maximum atomic E-state index is 11.4. The van der Waals surface area contributed by atoms with Gasteiger partial charge in [-0.2, -0.15) is 0 Å². The minimum Gasteiger partial charge on any atom is -0.370 e. The summed E-state index contributed by atoms with van der Waals surface area (Å²) in [5.74, 6) is 1.45.